The lowest BCUT2D eigenvalue weighted by atomic mass is 11.0. The minimum Gasteiger partial charge on any atom is -0.103 e. The average molecular weight is 158 g/mol. The molecular formula is C2H6S4. The van der Waals surface area contributed by atoms with E-state index in [4.69, 9.17) is 22.4 Å². The summed E-state index contributed by atoms with van der Waals surface area (Å²) in [5.74, 6) is 0.848. The molecular weight excluding hydrogens is 152 g/mol. The van der Waals surface area contributed by atoms with Gasteiger partial charge in [0, 0.05) is 5.75 Å². The van der Waals surface area contributed by atoms with Gasteiger partial charge in [-0.15, -0.1) is 11.7 Å². The van der Waals surface area contributed by atoms with Gasteiger partial charge in [0.2, 0.25) is 0 Å². The molecule has 0 bridgehead atoms. The molecule has 0 aliphatic carbocycles. The van der Waals surface area contributed by atoms with Gasteiger partial charge in [0.05, 0.1) is 0 Å². The Hall–Kier alpha value is 1.14. The van der Waals surface area contributed by atoms with E-state index in [0.29, 0.717) is 0 Å². The largest absolute Gasteiger partial charge is 0.103 e. The Kier molecular flexibility index (Phi) is 2.91. The van der Waals surface area contributed by atoms with Gasteiger partial charge in [-0.25, -0.2) is 0 Å². The molecule has 0 saturated carbocycles. The summed E-state index contributed by atoms with van der Waals surface area (Å²) in [6.07, 6.45) is -1.30. The molecule has 4 heteroatoms. The van der Waals surface area contributed by atoms with E-state index in [2.05, 4.69) is 11.7 Å². The lowest BCUT2D eigenvalue weighted by Gasteiger charge is -1.88. The fourth-order valence-electron chi connectivity index (χ4n) is 0. The van der Waals surface area contributed by atoms with E-state index in [0.717, 1.165) is 5.75 Å². The molecule has 0 saturated heterocycles. The first-order chi connectivity index (χ1) is 2.56. The van der Waals surface area contributed by atoms with Gasteiger partial charge in [-0.3, -0.25) is 0 Å². The Balaban J connectivity index is 3.85. The lowest BCUT2D eigenvalue weighted by molar-refractivity contribution is 1.54. The van der Waals surface area contributed by atoms with E-state index in [-0.39, 0.29) is 0 Å². The van der Waals surface area contributed by atoms with Crippen molar-refractivity contribution in [3.63, 3.8) is 0 Å². The third-order valence-electron chi connectivity index (χ3n) is 0.365. The smallest absolute Gasteiger partial charge is 0.00814 e. The molecule has 0 aromatic heterocycles. The minimum absolute atomic E-state index is 0.848. The molecule has 0 atom stereocenters. The number of hydrogen-bond acceptors (Lipinski definition) is 2. The summed E-state index contributed by atoms with van der Waals surface area (Å²) in [4.78, 5) is 0. The molecule has 0 nitrogen and oxygen atoms in total. The van der Waals surface area contributed by atoms with E-state index in [1.165, 1.54) is 0 Å². The summed E-state index contributed by atoms with van der Waals surface area (Å²) < 4.78 is 0. The number of rotatable bonds is 1. The van der Waals surface area contributed by atoms with Crippen LogP contribution in [0.5, 0.6) is 0 Å². The van der Waals surface area contributed by atoms with Crippen molar-refractivity contribution in [1.82, 2.24) is 0 Å². The highest BCUT2D eigenvalue weighted by Crippen LogP contribution is 1.93. The van der Waals surface area contributed by atoms with E-state index in [1.807, 2.05) is 6.92 Å². The molecule has 38 valence electrons. The molecule has 0 unspecified atom stereocenters. The Morgan fingerprint density at radius 2 is 1.83 bits per heavy atom. The highest BCUT2D eigenvalue weighted by Gasteiger charge is 1.81. The molecule has 0 aromatic rings. The lowest BCUT2D eigenvalue weighted by Crippen LogP contribution is -1.84. The van der Waals surface area contributed by atoms with Gasteiger partial charge < -0.3 is 0 Å². The molecule has 0 N–H and O–H groups in total. The van der Waals surface area contributed by atoms with Crippen LogP contribution in [0.25, 0.3) is 0 Å². The van der Waals surface area contributed by atoms with E-state index in [9.17, 15) is 0 Å². The summed E-state index contributed by atoms with van der Waals surface area (Å²) in [6, 6.07) is 0. The van der Waals surface area contributed by atoms with Gasteiger partial charge >= 0.3 is 0 Å². The molecule has 6 heavy (non-hydrogen) atoms. The van der Waals surface area contributed by atoms with Gasteiger partial charge in [0.25, 0.3) is 0 Å². The molecule has 0 aromatic carbocycles. The highest BCUT2D eigenvalue weighted by atomic mass is 33.5. The first kappa shape index (κ1) is 7.14. The van der Waals surface area contributed by atoms with Crippen molar-refractivity contribution in [2.75, 3.05) is 5.75 Å². The molecule has 0 rings (SSSR count). The summed E-state index contributed by atoms with van der Waals surface area (Å²) in [7, 11) is 0. The second-order valence-electron chi connectivity index (χ2n) is 0.871. The van der Waals surface area contributed by atoms with Crippen LogP contribution in [0.3, 0.4) is 0 Å². The summed E-state index contributed by atoms with van der Waals surface area (Å²) in [5, 5.41) is 0. The van der Waals surface area contributed by atoms with Gasteiger partial charge in [-0.2, -0.15) is 0 Å². The SMILES string of the molecule is CCS(=S)(=S)S. The van der Waals surface area contributed by atoms with Crippen LogP contribution in [0.2, 0.25) is 0 Å². The van der Waals surface area contributed by atoms with Crippen LogP contribution in [0.4, 0.5) is 0 Å². The van der Waals surface area contributed by atoms with Crippen molar-refractivity contribution >= 4 is 40.2 Å². The zero-order valence-electron chi connectivity index (χ0n) is 3.38. The first-order valence-corrected chi connectivity index (χ1v) is 6.22. The van der Waals surface area contributed by atoms with Gasteiger partial charge in [0.1, 0.15) is 0 Å². The van der Waals surface area contributed by atoms with Crippen molar-refractivity contribution in [2.45, 2.75) is 6.92 Å². The predicted octanol–water partition coefficient (Wildman–Crippen LogP) is 0.929. The number of hydrogen-bond donors (Lipinski definition) is 1. The normalized spacial score (nSPS) is 11.7. The average Bonchev–Trinajstić information content (AvgIpc) is 1.35. The summed E-state index contributed by atoms with van der Waals surface area (Å²) >= 11 is 13.5. The molecule has 0 heterocycles. The molecule has 0 fully saturated rings. The van der Waals surface area contributed by atoms with Crippen LogP contribution >= 0.6 is 11.7 Å². The fraction of sp³-hybridized carbons (Fsp3) is 1.00. The molecule has 0 spiro atoms. The van der Waals surface area contributed by atoms with Crippen molar-refractivity contribution in [3.8, 4) is 0 Å². The second kappa shape index (κ2) is 2.45. The Morgan fingerprint density at radius 1 is 1.67 bits per heavy atom. The second-order valence-corrected chi connectivity index (χ2v) is 10.0. The van der Waals surface area contributed by atoms with E-state index >= 15 is 0 Å². The molecule has 0 amide bonds. The maximum Gasteiger partial charge on any atom is 0.00814 e. The first-order valence-electron chi connectivity index (χ1n) is 1.51. The Bertz CT molecular complexity index is 108. The maximum atomic E-state index is 4.75. The van der Waals surface area contributed by atoms with Gasteiger partial charge in [-0.1, -0.05) is 6.92 Å². The Labute approximate surface area is 52.9 Å². The van der Waals surface area contributed by atoms with E-state index in [1.54, 1.807) is 0 Å². The summed E-state index contributed by atoms with van der Waals surface area (Å²) in [5.41, 5.74) is 0. The van der Waals surface area contributed by atoms with E-state index < -0.39 is 6.18 Å². The maximum absolute atomic E-state index is 4.75. The van der Waals surface area contributed by atoms with Crippen LogP contribution in [0, 0.1) is 0 Å². The third-order valence-corrected chi connectivity index (χ3v) is 3.28. The van der Waals surface area contributed by atoms with Crippen LogP contribution in [-0.2, 0) is 28.6 Å². The minimum atomic E-state index is -1.30. The van der Waals surface area contributed by atoms with Crippen LogP contribution in [0.1, 0.15) is 6.92 Å². The topological polar surface area (TPSA) is 0 Å². The van der Waals surface area contributed by atoms with Gasteiger partial charge in [-0.05, 0) is 28.6 Å². The zero-order valence-corrected chi connectivity index (χ0v) is 6.72. The molecule has 0 aliphatic rings. The Morgan fingerprint density at radius 3 is 1.83 bits per heavy atom. The van der Waals surface area contributed by atoms with Crippen molar-refractivity contribution in [3.05, 3.63) is 0 Å². The highest BCUT2D eigenvalue weighted by molar-refractivity contribution is 8.92. The predicted molar refractivity (Wildman–Crippen MR) is 41.6 cm³/mol. The standard InChI is InChI=1S/C2H6S4/c1-2-6(3,4)5/h2H2,1H3,(H,3,4,5). The van der Waals surface area contributed by atoms with Crippen molar-refractivity contribution in [2.24, 2.45) is 0 Å². The zero-order chi connectivity index (χ0) is 5.21. The van der Waals surface area contributed by atoms with Crippen molar-refractivity contribution in [1.29, 1.82) is 0 Å². The van der Waals surface area contributed by atoms with Crippen LogP contribution in [0.15, 0.2) is 0 Å². The number of thiol groups is 1. The summed E-state index contributed by atoms with van der Waals surface area (Å²) in [6.45, 7) is 1.96. The van der Waals surface area contributed by atoms with Crippen molar-refractivity contribution < 1.29 is 0 Å². The van der Waals surface area contributed by atoms with Crippen LogP contribution < -0.4 is 0 Å². The molecule has 0 radical (unpaired) electrons. The van der Waals surface area contributed by atoms with Crippen LogP contribution in [-0.4, -0.2) is 5.75 Å². The monoisotopic (exact) mass is 158 g/mol. The fourth-order valence-corrected chi connectivity index (χ4v) is 0. The quantitative estimate of drug-likeness (QED) is 0.445. The molecule has 0 aliphatic heterocycles. The van der Waals surface area contributed by atoms with Gasteiger partial charge in [0.15, 0.2) is 0 Å². The third kappa shape index (κ3) is 5.14.